The zero-order valence-corrected chi connectivity index (χ0v) is 16.3. The largest absolute Gasteiger partial charge is 0.416 e. The second-order valence-corrected chi connectivity index (χ2v) is 7.52. The van der Waals surface area contributed by atoms with Crippen LogP contribution in [0, 0.1) is 0 Å². The number of hydrogen-bond donors (Lipinski definition) is 1. The minimum absolute atomic E-state index is 0.156. The molecule has 140 valence electrons. The highest BCUT2D eigenvalue weighted by atomic mass is 35.5. The van der Waals surface area contributed by atoms with Crippen molar-refractivity contribution in [1.82, 2.24) is 10.2 Å². The first-order valence-corrected chi connectivity index (χ1v) is 9.77. The summed E-state index contributed by atoms with van der Waals surface area (Å²) in [6.45, 7) is 6.84. The third-order valence-corrected chi connectivity index (χ3v) is 4.88. The number of halogens is 1. The van der Waals surface area contributed by atoms with Crippen molar-refractivity contribution >= 4 is 40.6 Å². The van der Waals surface area contributed by atoms with Gasteiger partial charge in [-0.25, -0.2) is 0 Å². The van der Waals surface area contributed by atoms with Crippen LogP contribution >= 0.6 is 23.4 Å². The Bertz CT molecular complexity index is 762. The molecule has 1 aliphatic heterocycles. The molecule has 9 heteroatoms. The molecule has 1 aliphatic rings. The summed E-state index contributed by atoms with van der Waals surface area (Å²) in [7, 11) is 0. The molecule has 0 atom stereocenters. The van der Waals surface area contributed by atoms with Gasteiger partial charge < -0.3 is 19.4 Å². The van der Waals surface area contributed by atoms with Gasteiger partial charge in [0.25, 0.3) is 5.22 Å². The summed E-state index contributed by atoms with van der Waals surface area (Å²) in [4.78, 5) is 14.5. The quantitative estimate of drug-likeness (QED) is 0.749. The Morgan fingerprint density at radius 3 is 2.81 bits per heavy atom. The van der Waals surface area contributed by atoms with Crippen LogP contribution in [0.1, 0.15) is 25.7 Å². The standard InChI is InChI=1S/C17H21ClN4O3S/c1-11(2)16-20-21-17(25-16)26-10-15(23)19-13-9-12(18)3-4-14(13)22-5-7-24-8-6-22/h3-4,9,11H,5-8,10H2,1-2H3,(H,19,23). The van der Waals surface area contributed by atoms with Gasteiger partial charge in [0, 0.05) is 24.0 Å². The van der Waals surface area contributed by atoms with Crippen LogP contribution in [0.25, 0.3) is 0 Å². The molecular weight excluding hydrogens is 376 g/mol. The van der Waals surface area contributed by atoms with E-state index < -0.39 is 0 Å². The van der Waals surface area contributed by atoms with Crippen LogP contribution in [-0.2, 0) is 9.53 Å². The number of aromatic nitrogens is 2. The van der Waals surface area contributed by atoms with Crippen molar-refractivity contribution < 1.29 is 13.9 Å². The number of rotatable bonds is 6. The lowest BCUT2D eigenvalue weighted by atomic mass is 10.2. The normalized spacial score (nSPS) is 14.7. The molecule has 1 saturated heterocycles. The van der Waals surface area contributed by atoms with Gasteiger partial charge >= 0.3 is 0 Å². The van der Waals surface area contributed by atoms with Crippen molar-refractivity contribution in [3.8, 4) is 0 Å². The average Bonchev–Trinajstić information content (AvgIpc) is 3.10. The summed E-state index contributed by atoms with van der Waals surface area (Å²) in [6.07, 6.45) is 0. The van der Waals surface area contributed by atoms with Crippen LogP contribution in [0.15, 0.2) is 27.8 Å². The van der Waals surface area contributed by atoms with Crippen LogP contribution < -0.4 is 10.2 Å². The molecule has 0 aliphatic carbocycles. The smallest absolute Gasteiger partial charge is 0.277 e. The number of benzene rings is 1. The van der Waals surface area contributed by atoms with E-state index in [9.17, 15) is 4.79 Å². The lowest BCUT2D eigenvalue weighted by molar-refractivity contribution is -0.113. The molecule has 0 radical (unpaired) electrons. The van der Waals surface area contributed by atoms with E-state index in [2.05, 4.69) is 20.4 Å². The van der Waals surface area contributed by atoms with Crippen LogP contribution in [0.2, 0.25) is 5.02 Å². The lowest BCUT2D eigenvalue weighted by Gasteiger charge is -2.30. The van der Waals surface area contributed by atoms with Crippen molar-refractivity contribution in [3.63, 3.8) is 0 Å². The number of amides is 1. The van der Waals surface area contributed by atoms with Crippen LogP contribution in [0.3, 0.4) is 0 Å². The van der Waals surface area contributed by atoms with Gasteiger partial charge in [0.15, 0.2) is 0 Å². The molecule has 0 unspecified atom stereocenters. The van der Waals surface area contributed by atoms with Crippen molar-refractivity contribution in [3.05, 3.63) is 29.1 Å². The molecular formula is C17H21ClN4O3S. The van der Waals surface area contributed by atoms with Crippen molar-refractivity contribution in [2.24, 2.45) is 0 Å². The van der Waals surface area contributed by atoms with E-state index in [-0.39, 0.29) is 17.6 Å². The Morgan fingerprint density at radius 1 is 1.35 bits per heavy atom. The zero-order chi connectivity index (χ0) is 18.5. The fourth-order valence-electron chi connectivity index (χ4n) is 2.51. The second kappa shape index (κ2) is 8.75. The summed E-state index contributed by atoms with van der Waals surface area (Å²) < 4.78 is 10.9. The predicted octanol–water partition coefficient (Wildman–Crippen LogP) is 3.41. The highest BCUT2D eigenvalue weighted by Crippen LogP contribution is 2.30. The number of anilines is 2. The van der Waals surface area contributed by atoms with E-state index in [0.717, 1.165) is 18.8 Å². The molecule has 2 aromatic rings. The van der Waals surface area contributed by atoms with Gasteiger partial charge in [-0.05, 0) is 18.2 Å². The molecule has 1 fully saturated rings. The fourth-order valence-corrected chi connectivity index (χ4v) is 3.26. The summed E-state index contributed by atoms with van der Waals surface area (Å²) in [6, 6.07) is 5.50. The average molecular weight is 397 g/mol. The first kappa shape index (κ1) is 19.0. The van der Waals surface area contributed by atoms with E-state index in [0.29, 0.717) is 35.0 Å². The molecule has 0 spiro atoms. The lowest BCUT2D eigenvalue weighted by Crippen LogP contribution is -2.36. The first-order chi connectivity index (χ1) is 12.5. The third kappa shape index (κ3) is 4.90. The number of carbonyl (C=O) groups is 1. The van der Waals surface area contributed by atoms with E-state index in [1.165, 1.54) is 11.8 Å². The van der Waals surface area contributed by atoms with Crippen LogP contribution in [0.5, 0.6) is 0 Å². The molecule has 1 amide bonds. The molecule has 2 heterocycles. The minimum atomic E-state index is -0.156. The van der Waals surface area contributed by atoms with E-state index in [4.69, 9.17) is 20.8 Å². The molecule has 3 rings (SSSR count). The van der Waals surface area contributed by atoms with E-state index in [1.54, 1.807) is 6.07 Å². The Balaban J connectivity index is 1.63. The van der Waals surface area contributed by atoms with Crippen molar-refractivity contribution in [2.45, 2.75) is 25.0 Å². The van der Waals surface area contributed by atoms with Crippen molar-refractivity contribution in [2.75, 3.05) is 42.3 Å². The van der Waals surface area contributed by atoms with Gasteiger partial charge in [0.2, 0.25) is 11.8 Å². The second-order valence-electron chi connectivity index (χ2n) is 6.16. The Morgan fingerprint density at radius 2 is 2.12 bits per heavy atom. The SMILES string of the molecule is CC(C)c1nnc(SCC(=O)Nc2cc(Cl)ccc2N2CCOCC2)o1. The zero-order valence-electron chi connectivity index (χ0n) is 14.7. The Labute approximate surface area is 161 Å². The molecule has 7 nitrogen and oxygen atoms in total. The molecule has 26 heavy (non-hydrogen) atoms. The number of hydrogen-bond acceptors (Lipinski definition) is 7. The van der Waals surface area contributed by atoms with Gasteiger partial charge in [0.05, 0.1) is 30.3 Å². The summed E-state index contributed by atoms with van der Waals surface area (Å²) >= 11 is 7.32. The maximum Gasteiger partial charge on any atom is 0.277 e. The third-order valence-electron chi connectivity index (χ3n) is 3.83. The maximum atomic E-state index is 12.4. The van der Waals surface area contributed by atoms with Gasteiger partial charge in [-0.15, -0.1) is 10.2 Å². The number of nitrogens with zero attached hydrogens (tertiary/aromatic N) is 3. The number of morpholine rings is 1. The molecule has 0 saturated carbocycles. The predicted molar refractivity (Wildman–Crippen MR) is 102 cm³/mol. The van der Waals surface area contributed by atoms with Gasteiger partial charge in [-0.1, -0.05) is 37.2 Å². The number of thioether (sulfide) groups is 1. The number of carbonyl (C=O) groups excluding carboxylic acids is 1. The van der Waals surface area contributed by atoms with E-state index in [1.807, 2.05) is 26.0 Å². The van der Waals surface area contributed by atoms with Crippen molar-refractivity contribution in [1.29, 1.82) is 0 Å². The number of ether oxygens (including phenoxy) is 1. The molecule has 0 bridgehead atoms. The van der Waals surface area contributed by atoms with Crippen LogP contribution in [0.4, 0.5) is 11.4 Å². The summed E-state index contributed by atoms with van der Waals surface area (Å²) in [5.74, 6) is 0.746. The van der Waals surface area contributed by atoms with Gasteiger partial charge in [-0.2, -0.15) is 0 Å². The molecule has 1 aromatic carbocycles. The Hall–Kier alpha value is -1.77. The highest BCUT2D eigenvalue weighted by Gasteiger charge is 2.17. The first-order valence-electron chi connectivity index (χ1n) is 8.41. The van der Waals surface area contributed by atoms with Gasteiger partial charge in [-0.3, -0.25) is 4.79 Å². The van der Waals surface area contributed by atoms with Crippen LogP contribution in [-0.4, -0.2) is 48.2 Å². The maximum absolute atomic E-state index is 12.4. The molecule has 1 aromatic heterocycles. The monoisotopic (exact) mass is 396 g/mol. The van der Waals surface area contributed by atoms with E-state index >= 15 is 0 Å². The highest BCUT2D eigenvalue weighted by molar-refractivity contribution is 7.99. The fraction of sp³-hybridized carbons (Fsp3) is 0.471. The topological polar surface area (TPSA) is 80.5 Å². The summed E-state index contributed by atoms with van der Waals surface area (Å²) in [5, 5.41) is 11.8. The minimum Gasteiger partial charge on any atom is -0.416 e. The molecule has 1 N–H and O–H groups in total. The Kier molecular flexibility index (Phi) is 6.39. The number of nitrogens with one attached hydrogen (secondary N) is 1. The van der Waals surface area contributed by atoms with Gasteiger partial charge in [0.1, 0.15) is 0 Å². The summed E-state index contributed by atoms with van der Waals surface area (Å²) in [5.41, 5.74) is 1.63.